The third-order valence-corrected chi connectivity index (χ3v) is 5.85. The molecule has 3 rings (SSSR count). The zero-order valence-corrected chi connectivity index (χ0v) is 13.4. The molecule has 21 heavy (non-hydrogen) atoms. The molecule has 0 amide bonds. The maximum atomic E-state index is 12.8. The standard InChI is InChI=1S/C15H13BrO4S/c16-13-7-4-8-14(20-10-11-9-19-11)15(13)21(17,18)12-5-2-1-3-6-12/h1-8,11H,9-10H2. The zero-order valence-electron chi connectivity index (χ0n) is 11.0. The van der Waals surface area contributed by atoms with Crippen molar-refractivity contribution >= 4 is 25.8 Å². The zero-order chi connectivity index (χ0) is 14.9. The van der Waals surface area contributed by atoms with Gasteiger partial charge in [0.2, 0.25) is 9.84 Å². The summed E-state index contributed by atoms with van der Waals surface area (Å²) in [6.07, 6.45) is 0.0660. The quantitative estimate of drug-likeness (QED) is 0.761. The molecule has 0 saturated carbocycles. The van der Waals surface area contributed by atoms with Gasteiger partial charge >= 0.3 is 0 Å². The predicted molar refractivity (Wildman–Crippen MR) is 81.3 cm³/mol. The largest absolute Gasteiger partial charge is 0.489 e. The second-order valence-corrected chi connectivity index (χ2v) is 7.39. The summed E-state index contributed by atoms with van der Waals surface area (Å²) in [6.45, 7) is 1.02. The van der Waals surface area contributed by atoms with E-state index in [1.807, 2.05) is 0 Å². The Labute approximate surface area is 131 Å². The number of epoxide rings is 1. The van der Waals surface area contributed by atoms with Gasteiger partial charge in [-0.1, -0.05) is 24.3 Å². The molecule has 110 valence electrons. The smallest absolute Gasteiger partial charge is 0.211 e. The number of halogens is 1. The van der Waals surface area contributed by atoms with Crippen molar-refractivity contribution in [1.82, 2.24) is 0 Å². The number of benzene rings is 2. The molecule has 1 aliphatic heterocycles. The summed E-state index contributed by atoms with van der Waals surface area (Å²) >= 11 is 3.31. The molecule has 1 unspecified atom stereocenters. The summed E-state index contributed by atoms with van der Waals surface area (Å²) in [5.41, 5.74) is 0. The summed E-state index contributed by atoms with van der Waals surface area (Å²) in [5, 5.41) is 0. The predicted octanol–water partition coefficient (Wildman–Crippen LogP) is 3.06. The highest BCUT2D eigenvalue weighted by molar-refractivity contribution is 9.10. The monoisotopic (exact) mass is 368 g/mol. The first-order valence-electron chi connectivity index (χ1n) is 6.42. The SMILES string of the molecule is O=S(=O)(c1ccccc1)c1c(Br)cccc1OCC1CO1. The van der Waals surface area contributed by atoms with Gasteiger partial charge in [-0.2, -0.15) is 0 Å². The Morgan fingerprint density at radius 3 is 2.52 bits per heavy atom. The lowest BCUT2D eigenvalue weighted by Crippen LogP contribution is -2.10. The molecule has 1 heterocycles. The van der Waals surface area contributed by atoms with E-state index in [-0.39, 0.29) is 15.9 Å². The highest BCUT2D eigenvalue weighted by atomic mass is 79.9. The van der Waals surface area contributed by atoms with Gasteiger partial charge in [0.25, 0.3) is 0 Å². The Kier molecular flexibility index (Phi) is 4.01. The summed E-state index contributed by atoms with van der Waals surface area (Å²) < 4.78 is 36.8. The molecule has 0 aliphatic carbocycles. The molecule has 1 fully saturated rings. The summed E-state index contributed by atoms with van der Waals surface area (Å²) in [6, 6.07) is 13.4. The van der Waals surface area contributed by atoms with Crippen LogP contribution in [0.15, 0.2) is 62.8 Å². The van der Waals surface area contributed by atoms with Gasteiger partial charge in [-0.3, -0.25) is 0 Å². The van der Waals surface area contributed by atoms with Gasteiger partial charge in [0, 0.05) is 4.47 Å². The first kappa shape index (κ1) is 14.6. The number of hydrogen-bond acceptors (Lipinski definition) is 4. The van der Waals surface area contributed by atoms with Crippen LogP contribution in [0.1, 0.15) is 0 Å². The van der Waals surface area contributed by atoms with E-state index in [0.717, 1.165) is 0 Å². The fourth-order valence-corrected chi connectivity index (χ4v) is 4.38. The van der Waals surface area contributed by atoms with Gasteiger partial charge in [0.05, 0.1) is 11.5 Å². The maximum Gasteiger partial charge on any atom is 0.211 e. The molecule has 0 N–H and O–H groups in total. The van der Waals surface area contributed by atoms with Gasteiger partial charge in [0.1, 0.15) is 23.4 Å². The number of sulfone groups is 1. The highest BCUT2D eigenvalue weighted by Crippen LogP contribution is 2.35. The third kappa shape index (κ3) is 3.12. The molecule has 6 heteroatoms. The van der Waals surface area contributed by atoms with Crippen LogP contribution in [-0.4, -0.2) is 27.7 Å². The van der Waals surface area contributed by atoms with Crippen molar-refractivity contribution in [2.75, 3.05) is 13.2 Å². The van der Waals surface area contributed by atoms with Crippen LogP contribution in [0.3, 0.4) is 0 Å². The second-order valence-electron chi connectivity index (χ2n) is 4.65. The second kappa shape index (κ2) is 5.79. The molecule has 4 nitrogen and oxygen atoms in total. The first-order chi connectivity index (χ1) is 10.1. The van der Waals surface area contributed by atoms with E-state index in [0.29, 0.717) is 23.4 Å². The van der Waals surface area contributed by atoms with Crippen LogP contribution in [0.5, 0.6) is 5.75 Å². The number of rotatable bonds is 5. The van der Waals surface area contributed by atoms with E-state index in [1.165, 1.54) is 0 Å². The molecule has 0 bridgehead atoms. The van der Waals surface area contributed by atoms with E-state index in [9.17, 15) is 8.42 Å². The van der Waals surface area contributed by atoms with Gasteiger partial charge in [-0.15, -0.1) is 0 Å². The van der Waals surface area contributed by atoms with Crippen molar-refractivity contribution in [3.8, 4) is 5.75 Å². The molecular weight excluding hydrogens is 356 g/mol. The molecule has 0 spiro atoms. The van der Waals surface area contributed by atoms with Crippen LogP contribution in [-0.2, 0) is 14.6 Å². The molecule has 1 aliphatic rings. The summed E-state index contributed by atoms with van der Waals surface area (Å²) in [4.78, 5) is 0.390. The Morgan fingerprint density at radius 1 is 1.14 bits per heavy atom. The normalized spacial score (nSPS) is 17.5. The van der Waals surface area contributed by atoms with Crippen LogP contribution in [0.2, 0.25) is 0 Å². The van der Waals surface area contributed by atoms with E-state index in [4.69, 9.17) is 9.47 Å². The lowest BCUT2D eigenvalue weighted by atomic mass is 10.3. The highest BCUT2D eigenvalue weighted by Gasteiger charge is 2.28. The average Bonchev–Trinajstić information content (AvgIpc) is 3.30. The third-order valence-electron chi connectivity index (χ3n) is 3.08. The Hall–Kier alpha value is -1.37. The molecule has 0 radical (unpaired) electrons. The minimum atomic E-state index is -3.64. The molecule has 2 aromatic carbocycles. The van der Waals surface area contributed by atoms with Crippen molar-refractivity contribution in [3.63, 3.8) is 0 Å². The van der Waals surface area contributed by atoms with E-state index < -0.39 is 9.84 Å². The topological polar surface area (TPSA) is 55.9 Å². The minimum Gasteiger partial charge on any atom is -0.489 e. The fraction of sp³-hybridized carbons (Fsp3) is 0.200. The van der Waals surface area contributed by atoms with Gasteiger partial charge in [0.15, 0.2) is 0 Å². The van der Waals surface area contributed by atoms with E-state index in [1.54, 1.807) is 48.5 Å². The van der Waals surface area contributed by atoms with Crippen molar-refractivity contribution in [2.24, 2.45) is 0 Å². The molecule has 0 aromatic heterocycles. The Balaban J connectivity index is 2.03. The maximum absolute atomic E-state index is 12.8. The lowest BCUT2D eigenvalue weighted by Gasteiger charge is -2.13. The van der Waals surface area contributed by atoms with Crippen LogP contribution in [0.4, 0.5) is 0 Å². The van der Waals surface area contributed by atoms with Crippen LogP contribution >= 0.6 is 15.9 Å². The van der Waals surface area contributed by atoms with E-state index in [2.05, 4.69) is 15.9 Å². The number of ether oxygens (including phenoxy) is 2. The summed E-state index contributed by atoms with van der Waals surface area (Å²) in [5.74, 6) is 0.337. The number of hydrogen-bond donors (Lipinski definition) is 0. The van der Waals surface area contributed by atoms with Crippen LogP contribution in [0.25, 0.3) is 0 Å². The van der Waals surface area contributed by atoms with Crippen molar-refractivity contribution in [1.29, 1.82) is 0 Å². The Morgan fingerprint density at radius 2 is 1.86 bits per heavy atom. The molecular formula is C15H13BrO4S. The van der Waals surface area contributed by atoms with Crippen LogP contribution in [0, 0.1) is 0 Å². The van der Waals surface area contributed by atoms with Crippen LogP contribution < -0.4 is 4.74 Å². The van der Waals surface area contributed by atoms with Gasteiger partial charge < -0.3 is 9.47 Å². The minimum absolute atomic E-state index is 0.0660. The molecule has 1 saturated heterocycles. The van der Waals surface area contributed by atoms with Gasteiger partial charge in [-0.05, 0) is 40.2 Å². The lowest BCUT2D eigenvalue weighted by molar-refractivity contribution is 0.257. The Bertz CT molecular complexity index is 740. The van der Waals surface area contributed by atoms with E-state index >= 15 is 0 Å². The van der Waals surface area contributed by atoms with Crippen molar-refractivity contribution < 1.29 is 17.9 Å². The average molecular weight is 369 g/mol. The van der Waals surface area contributed by atoms with Gasteiger partial charge in [-0.25, -0.2) is 8.42 Å². The van der Waals surface area contributed by atoms with Crippen molar-refractivity contribution in [3.05, 3.63) is 53.0 Å². The van der Waals surface area contributed by atoms with Crippen molar-refractivity contribution in [2.45, 2.75) is 15.9 Å². The molecule has 2 aromatic rings. The summed E-state index contributed by atoms with van der Waals surface area (Å²) in [7, 11) is -3.64. The first-order valence-corrected chi connectivity index (χ1v) is 8.70. The fourth-order valence-electron chi connectivity index (χ4n) is 1.93. The molecule has 1 atom stereocenters.